The first kappa shape index (κ1) is 15.3. The molecular formula is C19H19NO3. The van der Waals surface area contributed by atoms with Crippen LogP contribution in [0.4, 0.5) is 0 Å². The van der Waals surface area contributed by atoms with Crippen LogP contribution in [0, 0.1) is 0 Å². The molecule has 0 saturated heterocycles. The first-order chi connectivity index (χ1) is 11.0. The van der Waals surface area contributed by atoms with Gasteiger partial charge in [0.05, 0.1) is 5.56 Å². The van der Waals surface area contributed by atoms with Gasteiger partial charge in [0.25, 0.3) is 5.91 Å². The molecule has 0 aliphatic heterocycles. The molecular weight excluding hydrogens is 290 g/mol. The number of hydrogen-bond donors (Lipinski definition) is 1. The minimum absolute atomic E-state index is 0.0120. The molecule has 0 spiro atoms. The summed E-state index contributed by atoms with van der Waals surface area (Å²) < 4.78 is 0. The van der Waals surface area contributed by atoms with E-state index in [-0.39, 0.29) is 11.5 Å². The molecule has 0 unspecified atom stereocenters. The van der Waals surface area contributed by atoms with Crippen molar-refractivity contribution in [3.05, 3.63) is 70.3 Å². The van der Waals surface area contributed by atoms with Crippen molar-refractivity contribution in [2.45, 2.75) is 25.8 Å². The summed E-state index contributed by atoms with van der Waals surface area (Å²) in [7, 11) is 1.76. The van der Waals surface area contributed by atoms with Gasteiger partial charge in [0.1, 0.15) is 0 Å². The van der Waals surface area contributed by atoms with E-state index in [0.29, 0.717) is 6.54 Å². The lowest BCUT2D eigenvalue weighted by Crippen LogP contribution is -2.26. The summed E-state index contributed by atoms with van der Waals surface area (Å²) >= 11 is 0. The molecule has 2 aromatic rings. The van der Waals surface area contributed by atoms with Crippen molar-refractivity contribution in [3.63, 3.8) is 0 Å². The Morgan fingerprint density at radius 1 is 1.00 bits per heavy atom. The van der Waals surface area contributed by atoms with E-state index < -0.39 is 5.97 Å². The summed E-state index contributed by atoms with van der Waals surface area (Å²) in [4.78, 5) is 25.1. The topological polar surface area (TPSA) is 57.6 Å². The molecule has 0 atom stereocenters. The Balaban J connectivity index is 1.71. The van der Waals surface area contributed by atoms with Crippen molar-refractivity contribution in [1.82, 2.24) is 4.90 Å². The van der Waals surface area contributed by atoms with Crippen LogP contribution < -0.4 is 0 Å². The van der Waals surface area contributed by atoms with Crippen LogP contribution in [0.3, 0.4) is 0 Å². The van der Waals surface area contributed by atoms with E-state index >= 15 is 0 Å². The molecule has 0 saturated carbocycles. The number of rotatable bonds is 4. The minimum Gasteiger partial charge on any atom is -0.478 e. The second-order valence-electron chi connectivity index (χ2n) is 6.00. The molecule has 0 fully saturated rings. The quantitative estimate of drug-likeness (QED) is 0.944. The van der Waals surface area contributed by atoms with Gasteiger partial charge in [-0.25, -0.2) is 4.79 Å². The Kier molecular flexibility index (Phi) is 4.15. The molecule has 1 aliphatic rings. The van der Waals surface area contributed by atoms with Gasteiger partial charge in [-0.3, -0.25) is 4.79 Å². The number of carbonyl (C=O) groups excluding carboxylic acids is 1. The van der Waals surface area contributed by atoms with Gasteiger partial charge in [0, 0.05) is 19.2 Å². The number of nitrogens with zero attached hydrogens (tertiary/aromatic N) is 1. The van der Waals surface area contributed by atoms with E-state index in [4.69, 9.17) is 5.11 Å². The number of carboxylic acid groups (broad SMARTS) is 1. The van der Waals surface area contributed by atoms with E-state index in [2.05, 4.69) is 6.07 Å². The van der Waals surface area contributed by atoms with Crippen molar-refractivity contribution in [3.8, 4) is 0 Å². The van der Waals surface area contributed by atoms with Gasteiger partial charge in [-0.2, -0.15) is 0 Å². The highest BCUT2D eigenvalue weighted by Crippen LogP contribution is 2.23. The number of fused-ring (bicyclic) bond motifs is 1. The van der Waals surface area contributed by atoms with Crippen LogP contribution in [0.1, 0.15) is 43.8 Å². The summed E-state index contributed by atoms with van der Waals surface area (Å²) in [5, 5.41) is 8.91. The zero-order valence-electron chi connectivity index (χ0n) is 13.1. The second-order valence-corrected chi connectivity index (χ2v) is 6.00. The van der Waals surface area contributed by atoms with Crippen LogP contribution >= 0.6 is 0 Å². The van der Waals surface area contributed by atoms with E-state index in [1.165, 1.54) is 17.5 Å². The van der Waals surface area contributed by atoms with Gasteiger partial charge in [-0.1, -0.05) is 18.2 Å². The lowest BCUT2D eigenvalue weighted by Gasteiger charge is -2.18. The van der Waals surface area contributed by atoms with Crippen LogP contribution in [-0.2, 0) is 19.4 Å². The van der Waals surface area contributed by atoms with Gasteiger partial charge in [-0.05, 0) is 60.2 Å². The molecule has 23 heavy (non-hydrogen) atoms. The Hall–Kier alpha value is -2.62. The lowest BCUT2D eigenvalue weighted by molar-refractivity contribution is 0.0695. The molecule has 1 N–H and O–H groups in total. The first-order valence-corrected chi connectivity index (χ1v) is 7.74. The predicted octanol–water partition coefficient (Wildman–Crippen LogP) is 3.15. The normalized spacial score (nSPS) is 12.7. The van der Waals surface area contributed by atoms with Crippen LogP contribution in [0.5, 0.6) is 0 Å². The summed E-state index contributed by atoms with van der Waals surface area (Å²) in [5.74, 6) is -0.957. The van der Waals surface area contributed by atoms with E-state index in [0.717, 1.165) is 24.0 Å². The molecule has 2 aromatic carbocycles. The van der Waals surface area contributed by atoms with Crippen LogP contribution in [0.25, 0.3) is 0 Å². The molecule has 1 aliphatic carbocycles. The summed E-state index contributed by atoms with van der Waals surface area (Å²) in [6.45, 7) is 0.454. The van der Waals surface area contributed by atoms with Gasteiger partial charge >= 0.3 is 5.97 Å². The molecule has 0 bridgehead atoms. The molecule has 1 amide bonds. The number of amides is 1. The van der Waals surface area contributed by atoms with Crippen molar-refractivity contribution in [2.24, 2.45) is 0 Å². The van der Waals surface area contributed by atoms with E-state index in [1.807, 2.05) is 12.1 Å². The molecule has 4 nitrogen and oxygen atoms in total. The number of benzene rings is 2. The van der Waals surface area contributed by atoms with Crippen LogP contribution in [0.15, 0.2) is 42.5 Å². The third-order valence-corrected chi connectivity index (χ3v) is 4.31. The van der Waals surface area contributed by atoms with Crippen LogP contribution in [0.2, 0.25) is 0 Å². The number of aromatic carboxylic acids is 1. The number of carbonyl (C=O) groups is 2. The molecule has 0 heterocycles. The maximum absolute atomic E-state index is 12.6. The number of hydrogen-bond acceptors (Lipinski definition) is 2. The fraction of sp³-hybridized carbons (Fsp3) is 0.263. The van der Waals surface area contributed by atoms with Crippen molar-refractivity contribution in [2.75, 3.05) is 7.05 Å². The second kappa shape index (κ2) is 6.24. The Labute approximate surface area is 135 Å². The van der Waals surface area contributed by atoms with Crippen molar-refractivity contribution >= 4 is 11.9 Å². The largest absolute Gasteiger partial charge is 0.478 e. The van der Waals surface area contributed by atoms with E-state index in [1.54, 1.807) is 36.2 Å². The monoisotopic (exact) mass is 309 g/mol. The minimum atomic E-state index is -0.945. The smallest absolute Gasteiger partial charge is 0.335 e. The van der Waals surface area contributed by atoms with Crippen molar-refractivity contribution in [1.29, 1.82) is 0 Å². The summed E-state index contributed by atoms with van der Waals surface area (Å²) in [6.07, 6.45) is 3.32. The first-order valence-electron chi connectivity index (χ1n) is 7.74. The highest BCUT2D eigenvalue weighted by atomic mass is 16.4. The van der Waals surface area contributed by atoms with Gasteiger partial charge in [-0.15, -0.1) is 0 Å². The third-order valence-electron chi connectivity index (χ3n) is 4.31. The Bertz CT molecular complexity index is 750. The number of carboxylic acids is 1. The summed E-state index contributed by atoms with van der Waals surface area (Å²) in [6, 6.07) is 12.6. The standard InChI is InChI=1S/C19H19NO3/c1-20(12-13-5-7-15(8-6-13)19(22)23)18(21)17-10-9-14-3-2-4-16(14)11-17/h5-11H,2-4,12H2,1H3,(H,22,23). The zero-order valence-corrected chi connectivity index (χ0v) is 13.1. The third kappa shape index (κ3) is 3.26. The highest BCUT2D eigenvalue weighted by molar-refractivity contribution is 5.94. The van der Waals surface area contributed by atoms with E-state index in [9.17, 15) is 9.59 Å². The molecule has 0 radical (unpaired) electrons. The lowest BCUT2D eigenvalue weighted by atomic mass is 10.1. The fourth-order valence-electron chi connectivity index (χ4n) is 3.02. The molecule has 3 rings (SSSR count). The summed E-state index contributed by atoms with van der Waals surface area (Å²) in [5.41, 5.74) is 4.52. The maximum atomic E-state index is 12.6. The average molecular weight is 309 g/mol. The van der Waals surface area contributed by atoms with Gasteiger partial charge in [0.2, 0.25) is 0 Å². The molecule has 4 heteroatoms. The molecule has 118 valence electrons. The SMILES string of the molecule is CN(Cc1ccc(C(=O)O)cc1)C(=O)c1ccc2c(c1)CCC2. The number of aryl methyl sites for hydroxylation is 2. The van der Waals surface area contributed by atoms with Crippen LogP contribution in [-0.4, -0.2) is 28.9 Å². The highest BCUT2D eigenvalue weighted by Gasteiger charge is 2.16. The predicted molar refractivity (Wildman–Crippen MR) is 87.7 cm³/mol. The molecule has 0 aromatic heterocycles. The van der Waals surface area contributed by atoms with Crippen molar-refractivity contribution < 1.29 is 14.7 Å². The van der Waals surface area contributed by atoms with Gasteiger partial charge < -0.3 is 10.0 Å². The van der Waals surface area contributed by atoms with Gasteiger partial charge in [0.15, 0.2) is 0 Å². The zero-order chi connectivity index (χ0) is 16.4. The Morgan fingerprint density at radius 2 is 1.65 bits per heavy atom. The Morgan fingerprint density at radius 3 is 2.35 bits per heavy atom. The maximum Gasteiger partial charge on any atom is 0.335 e. The average Bonchev–Trinajstić information content (AvgIpc) is 3.02. The fourth-order valence-corrected chi connectivity index (χ4v) is 3.02.